The average molecular weight is 218 g/mol. The Kier molecular flexibility index (Phi) is 3.90. The standard InChI is InChI=1S/BIOS2/c1-5(2)4-3. The van der Waals surface area contributed by atoms with Gasteiger partial charge in [0.05, 0.1) is 0 Å². The summed E-state index contributed by atoms with van der Waals surface area (Å²) in [4.78, 5) is 0. The van der Waals surface area contributed by atoms with Gasteiger partial charge in [0, 0.05) is 0 Å². The number of halogens is 1. The Morgan fingerprint density at radius 2 is 2.20 bits per heavy atom. The van der Waals surface area contributed by atoms with Crippen molar-refractivity contribution in [2.45, 2.75) is 0 Å². The van der Waals surface area contributed by atoms with E-state index >= 15 is 0 Å². The van der Waals surface area contributed by atoms with E-state index in [-0.39, 0.29) is 0 Å². The van der Waals surface area contributed by atoms with Crippen LogP contribution in [0.1, 0.15) is 0 Å². The molecule has 0 aromatic heterocycles. The van der Waals surface area contributed by atoms with Crippen molar-refractivity contribution in [3.63, 3.8) is 0 Å². The zero-order valence-electron chi connectivity index (χ0n) is 2.18. The second-order valence-corrected chi connectivity index (χ2v) is 7.07. The van der Waals surface area contributed by atoms with E-state index in [1.54, 1.807) is 0 Å². The first-order valence-electron chi connectivity index (χ1n) is 0.723. The first kappa shape index (κ1) is 6.03. The van der Waals surface area contributed by atoms with Crippen molar-refractivity contribution < 1.29 is 4.21 Å². The fourth-order valence-electron chi connectivity index (χ4n) is 0. The molecule has 0 spiro atoms. The van der Waals surface area contributed by atoms with Crippen LogP contribution in [0.25, 0.3) is 0 Å². The SMILES string of the molecule is B#S(I)=S=O. The van der Waals surface area contributed by atoms with Crippen LogP contribution >= 0.6 is 21.2 Å². The summed E-state index contributed by atoms with van der Waals surface area (Å²) in [5.41, 5.74) is 0. The van der Waals surface area contributed by atoms with E-state index in [9.17, 15) is 4.21 Å². The van der Waals surface area contributed by atoms with Gasteiger partial charge in [0.15, 0.2) is 0 Å². The van der Waals surface area contributed by atoms with Crippen LogP contribution in [-0.4, -0.2) is 10.7 Å². The molecule has 0 aliphatic heterocycles. The topological polar surface area (TPSA) is 17.1 Å². The van der Waals surface area contributed by atoms with E-state index in [1.165, 1.54) is 0 Å². The zero-order chi connectivity index (χ0) is 4.28. The first-order valence-corrected chi connectivity index (χ1v) is 5.81. The predicted octanol–water partition coefficient (Wildman–Crippen LogP) is 0.166. The summed E-state index contributed by atoms with van der Waals surface area (Å²) in [6.45, 7) is 4.96. The Hall–Kier alpha value is 1.03. The third kappa shape index (κ3) is 5.03. The van der Waals surface area contributed by atoms with Crippen LogP contribution in [0.15, 0.2) is 0 Å². The Balaban J connectivity index is 4.50. The van der Waals surface area contributed by atoms with E-state index < -0.39 is 5.86 Å². The van der Waals surface area contributed by atoms with Crippen molar-refractivity contribution in [2.24, 2.45) is 0 Å². The Morgan fingerprint density at radius 3 is 2.20 bits per heavy atom. The van der Waals surface area contributed by atoms with Crippen LogP contribution in [0, 0.1) is 0 Å². The Morgan fingerprint density at radius 1 is 2.00 bits per heavy atom. The molecule has 0 amide bonds. The van der Waals surface area contributed by atoms with Crippen molar-refractivity contribution in [3.8, 4) is 0 Å². The number of hydrogen-bond acceptors (Lipinski definition) is 1. The van der Waals surface area contributed by atoms with Crippen LogP contribution < -0.4 is 0 Å². The van der Waals surface area contributed by atoms with Crippen LogP contribution in [0.2, 0.25) is 0 Å². The van der Waals surface area contributed by atoms with E-state index in [4.69, 9.17) is 6.53 Å². The van der Waals surface area contributed by atoms with Gasteiger partial charge in [-0.25, -0.2) is 0 Å². The molecule has 0 aliphatic rings. The van der Waals surface area contributed by atoms with Crippen molar-refractivity contribution in [1.29, 1.82) is 0 Å². The molecule has 0 aromatic rings. The summed E-state index contributed by atoms with van der Waals surface area (Å²) in [5, 5.41) is 0. The Bertz CT molecular complexity index is 147. The Labute approximate surface area is 47.9 Å². The molecule has 0 aliphatic carbocycles. The maximum absolute atomic E-state index is 9.43. The van der Waals surface area contributed by atoms with Crippen molar-refractivity contribution >= 4 is 43.8 Å². The van der Waals surface area contributed by atoms with Gasteiger partial charge in [-0.15, -0.1) is 0 Å². The molecule has 0 N–H and O–H groups in total. The summed E-state index contributed by atoms with van der Waals surface area (Å²) < 4.78 is 9.43. The number of hydrogen-bond donors (Lipinski definition) is 0. The van der Waals surface area contributed by atoms with Crippen molar-refractivity contribution in [3.05, 3.63) is 0 Å². The van der Waals surface area contributed by atoms with Gasteiger partial charge >= 0.3 is 48.0 Å². The molecular weight excluding hydrogens is 218 g/mol. The minimum absolute atomic E-state index is 0.422. The van der Waals surface area contributed by atoms with Crippen molar-refractivity contribution in [1.82, 2.24) is 0 Å². The molecule has 0 heterocycles. The molecule has 1 nitrogen and oxygen atoms in total. The van der Waals surface area contributed by atoms with Gasteiger partial charge < -0.3 is 0 Å². The van der Waals surface area contributed by atoms with Gasteiger partial charge in [-0.2, -0.15) is 0 Å². The molecule has 0 saturated heterocycles. The molecule has 5 heavy (non-hydrogen) atoms. The quantitative estimate of drug-likeness (QED) is 0.321. The molecule has 0 fully saturated rings. The molecule has 0 rings (SSSR count). The third-order valence-electron chi connectivity index (χ3n) is 0.0650. The van der Waals surface area contributed by atoms with E-state index in [0.29, 0.717) is 10.2 Å². The van der Waals surface area contributed by atoms with E-state index in [2.05, 4.69) is 0 Å². The first-order chi connectivity index (χ1) is 2.27. The van der Waals surface area contributed by atoms with Gasteiger partial charge in [0.2, 0.25) is 0 Å². The van der Waals surface area contributed by atoms with E-state index in [1.807, 2.05) is 21.2 Å². The normalized spacial score (nSPS) is 7.00. The van der Waals surface area contributed by atoms with Crippen LogP contribution in [-0.2, 0) is 16.1 Å². The molecule has 0 saturated carbocycles. The average Bonchev–Trinajstić information content (AvgIpc) is 1.38. The van der Waals surface area contributed by atoms with Crippen molar-refractivity contribution in [2.75, 3.05) is 0 Å². The number of rotatable bonds is 0. The molecule has 0 aromatic carbocycles. The molecule has 0 bridgehead atoms. The second kappa shape index (κ2) is 3.23. The van der Waals surface area contributed by atoms with Crippen LogP contribution in [0.4, 0.5) is 0 Å². The van der Waals surface area contributed by atoms with Crippen LogP contribution in [0.5, 0.6) is 0 Å². The molecule has 5 heteroatoms. The van der Waals surface area contributed by atoms with Gasteiger partial charge in [-0.1, -0.05) is 0 Å². The molecule has 0 atom stereocenters. The maximum atomic E-state index is 9.43. The molecular formula is BIOS2. The van der Waals surface area contributed by atoms with E-state index in [0.717, 1.165) is 0 Å². The summed E-state index contributed by atoms with van der Waals surface area (Å²) in [6, 6.07) is 0. The fourth-order valence-corrected chi connectivity index (χ4v) is 0. The second-order valence-electron chi connectivity index (χ2n) is 0.316. The summed E-state index contributed by atoms with van der Waals surface area (Å²) in [7, 11) is 0.422. The molecule has 28 valence electrons. The van der Waals surface area contributed by atoms with Crippen LogP contribution in [0.3, 0.4) is 0 Å². The fraction of sp³-hybridized carbons (Fsp3) is 0. The minimum atomic E-state index is -0.491. The predicted molar refractivity (Wildman–Crippen MR) is 35.3 cm³/mol. The summed E-state index contributed by atoms with van der Waals surface area (Å²) >= 11 is 1.86. The van der Waals surface area contributed by atoms with Gasteiger partial charge in [-0.05, 0) is 0 Å². The summed E-state index contributed by atoms with van der Waals surface area (Å²) in [5.74, 6) is -0.491. The summed E-state index contributed by atoms with van der Waals surface area (Å²) in [6.07, 6.45) is 0. The van der Waals surface area contributed by atoms with Gasteiger partial charge in [0.25, 0.3) is 0 Å². The third-order valence-corrected chi connectivity index (χ3v) is 1.91. The van der Waals surface area contributed by atoms with Gasteiger partial charge in [0.1, 0.15) is 0 Å². The molecule has 0 unspecified atom stereocenters. The van der Waals surface area contributed by atoms with Gasteiger partial charge in [-0.3, -0.25) is 0 Å². The molecule has 0 radical (unpaired) electrons. The zero-order valence-corrected chi connectivity index (χ0v) is 5.97. The monoisotopic (exact) mass is 218 g/mol.